The zero-order valence-corrected chi connectivity index (χ0v) is 13.0. The van der Waals surface area contributed by atoms with Crippen molar-refractivity contribution in [3.05, 3.63) is 24.3 Å². The molecule has 1 aromatic rings. The first-order valence-corrected chi connectivity index (χ1v) is 7.56. The number of hydrogen-bond acceptors (Lipinski definition) is 3. The Bertz CT molecular complexity index is 507. The van der Waals surface area contributed by atoms with E-state index >= 15 is 0 Å². The zero-order chi connectivity index (χ0) is 15.1. The van der Waals surface area contributed by atoms with Gasteiger partial charge in [0.25, 0.3) is 0 Å². The molecule has 0 atom stereocenters. The number of amides is 1. The Morgan fingerprint density at radius 3 is 3.05 bits per heavy atom. The van der Waals surface area contributed by atoms with Crippen LogP contribution in [0, 0.1) is 0 Å². The maximum Gasteiger partial charge on any atom is 0.227 e. The highest BCUT2D eigenvalue weighted by Crippen LogP contribution is 2.24. The SMILES string of the molecule is COCCCNC(=S)Nc1cccc(N2CCCC2=O)c1. The summed E-state index contributed by atoms with van der Waals surface area (Å²) in [6, 6.07) is 7.76. The van der Waals surface area contributed by atoms with Crippen LogP contribution in [-0.4, -0.2) is 37.8 Å². The molecule has 0 radical (unpaired) electrons. The van der Waals surface area contributed by atoms with Crippen molar-refractivity contribution in [2.75, 3.05) is 37.0 Å². The third-order valence-corrected chi connectivity index (χ3v) is 3.55. The first-order chi connectivity index (χ1) is 10.2. The van der Waals surface area contributed by atoms with E-state index < -0.39 is 0 Å². The van der Waals surface area contributed by atoms with Crippen LogP contribution in [0.15, 0.2) is 24.3 Å². The summed E-state index contributed by atoms with van der Waals surface area (Å²) in [5.41, 5.74) is 1.81. The molecule has 0 bridgehead atoms. The molecule has 1 saturated heterocycles. The number of methoxy groups -OCH3 is 1. The average molecular weight is 307 g/mol. The highest BCUT2D eigenvalue weighted by atomic mass is 32.1. The summed E-state index contributed by atoms with van der Waals surface area (Å²) >= 11 is 5.24. The van der Waals surface area contributed by atoms with Crippen molar-refractivity contribution in [1.29, 1.82) is 0 Å². The second-order valence-corrected chi connectivity index (χ2v) is 5.33. The Morgan fingerprint density at radius 2 is 2.33 bits per heavy atom. The monoisotopic (exact) mass is 307 g/mol. The molecule has 2 rings (SSSR count). The third kappa shape index (κ3) is 4.68. The Balaban J connectivity index is 1.89. The number of carbonyl (C=O) groups excluding carboxylic acids is 1. The van der Waals surface area contributed by atoms with Crippen molar-refractivity contribution in [2.45, 2.75) is 19.3 Å². The van der Waals surface area contributed by atoms with Gasteiger partial charge in [-0.3, -0.25) is 4.79 Å². The number of hydrogen-bond donors (Lipinski definition) is 2. The number of ether oxygens (including phenoxy) is 1. The molecule has 1 amide bonds. The molecule has 0 saturated carbocycles. The molecule has 2 N–H and O–H groups in total. The fourth-order valence-corrected chi connectivity index (χ4v) is 2.49. The number of nitrogens with zero attached hydrogens (tertiary/aromatic N) is 1. The molecule has 0 aliphatic carbocycles. The number of thiocarbonyl (C=S) groups is 1. The van der Waals surface area contributed by atoms with Crippen LogP contribution in [0.1, 0.15) is 19.3 Å². The van der Waals surface area contributed by atoms with Gasteiger partial charge in [0.15, 0.2) is 5.11 Å². The number of nitrogens with one attached hydrogen (secondary N) is 2. The summed E-state index contributed by atoms with van der Waals surface area (Å²) in [4.78, 5) is 13.6. The predicted octanol–water partition coefficient (Wildman–Crippen LogP) is 2.14. The lowest BCUT2D eigenvalue weighted by molar-refractivity contribution is -0.117. The highest BCUT2D eigenvalue weighted by Gasteiger charge is 2.21. The molecule has 21 heavy (non-hydrogen) atoms. The summed E-state index contributed by atoms with van der Waals surface area (Å²) in [6.07, 6.45) is 2.47. The van der Waals surface area contributed by atoms with Crippen LogP contribution in [0.25, 0.3) is 0 Å². The van der Waals surface area contributed by atoms with Crippen LogP contribution >= 0.6 is 12.2 Å². The fraction of sp³-hybridized carbons (Fsp3) is 0.467. The van der Waals surface area contributed by atoms with Crippen LogP contribution in [-0.2, 0) is 9.53 Å². The van der Waals surface area contributed by atoms with Crippen molar-refractivity contribution in [1.82, 2.24) is 5.32 Å². The second-order valence-electron chi connectivity index (χ2n) is 4.93. The molecule has 5 nitrogen and oxygen atoms in total. The van der Waals surface area contributed by atoms with Crippen LogP contribution in [0.2, 0.25) is 0 Å². The summed E-state index contributed by atoms with van der Waals surface area (Å²) < 4.78 is 4.98. The quantitative estimate of drug-likeness (QED) is 0.623. The normalized spacial score (nSPS) is 14.3. The van der Waals surface area contributed by atoms with Crippen molar-refractivity contribution in [2.24, 2.45) is 0 Å². The van der Waals surface area contributed by atoms with Gasteiger partial charge in [-0.1, -0.05) is 6.07 Å². The minimum absolute atomic E-state index is 0.187. The lowest BCUT2D eigenvalue weighted by atomic mass is 10.2. The van der Waals surface area contributed by atoms with Gasteiger partial charge < -0.3 is 20.3 Å². The molecule has 1 aliphatic rings. The standard InChI is InChI=1S/C15H21N3O2S/c1-20-10-4-8-16-15(21)17-12-5-2-6-13(11-12)18-9-3-7-14(18)19/h2,5-6,11H,3-4,7-10H2,1H3,(H2,16,17,21). The molecule has 1 heterocycles. The Labute approximate surface area is 130 Å². The molecule has 1 aromatic carbocycles. The van der Waals surface area contributed by atoms with E-state index in [4.69, 9.17) is 17.0 Å². The van der Waals surface area contributed by atoms with Gasteiger partial charge in [0.1, 0.15) is 0 Å². The Hall–Kier alpha value is -1.66. The maximum atomic E-state index is 11.8. The average Bonchev–Trinajstić information content (AvgIpc) is 2.90. The van der Waals surface area contributed by atoms with E-state index in [2.05, 4.69) is 10.6 Å². The summed E-state index contributed by atoms with van der Waals surface area (Å²) in [5.74, 6) is 0.187. The van der Waals surface area contributed by atoms with Gasteiger partial charge in [-0.05, 0) is 43.3 Å². The van der Waals surface area contributed by atoms with Gasteiger partial charge in [0.2, 0.25) is 5.91 Å². The minimum atomic E-state index is 0.187. The molecular formula is C15H21N3O2S. The molecule has 0 aromatic heterocycles. The van der Waals surface area contributed by atoms with Crippen LogP contribution in [0.5, 0.6) is 0 Å². The molecule has 0 spiro atoms. The molecule has 0 unspecified atom stereocenters. The van der Waals surface area contributed by atoms with E-state index in [1.807, 2.05) is 29.2 Å². The number of anilines is 2. The van der Waals surface area contributed by atoms with Crippen molar-refractivity contribution >= 4 is 34.6 Å². The first kappa shape index (κ1) is 15.7. The topological polar surface area (TPSA) is 53.6 Å². The Kier molecular flexibility index (Phi) is 5.95. The van der Waals surface area contributed by atoms with E-state index in [0.29, 0.717) is 18.1 Å². The maximum absolute atomic E-state index is 11.8. The number of benzene rings is 1. The van der Waals surface area contributed by atoms with Gasteiger partial charge in [0, 0.05) is 44.6 Å². The summed E-state index contributed by atoms with van der Waals surface area (Å²) in [7, 11) is 1.68. The molecule has 1 aliphatic heterocycles. The van der Waals surface area contributed by atoms with E-state index in [0.717, 1.165) is 37.3 Å². The zero-order valence-electron chi connectivity index (χ0n) is 12.2. The van der Waals surface area contributed by atoms with E-state index in [-0.39, 0.29) is 5.91 Å². The van der Waals surface area contributed by atoms with Crippen LogP contribution in [0.4, 0.5) is 11.4 Å². The predicted molar refractivity (Wildman–Crippen MR) is 88.7 cm³/mol. The molecule has 6 heteroatoms. The van der Waals surface area contributed by atoms with Crippen molar-refractivity contribution < 1.29 is 9.53 Å². The lowest BCUT2D eigenvalue weighted by Gasteiger charge is -2.17. The van der Waals surface area contributed by atoms with Crippen LogP contribution < -0.4 is 15.5 Å². The summed E-state index contributed by atoms with van der Waals surface area (Å²) in [5, 5.41) is 6.84. The lowest BCUT2D eigenvalue weighted by Crippen LogP contribution is -2.30. The fourth-order valence-electron chi connectivity index (χ4n) is 2.27. The Morgan fingerprint density at radius 1 is 1.48 bits per heavy atom. The molecular weight excluding hydrogens is 286 g/mol. The number of carbonyl (C=O) groups is 1. The third-order valence-electron chi connectivity index (χ3n) is 3.30. The highest BCUT2D eigenvalue weighted by molar-refractivity contribution is 7.80. The van der Waals surface area contributed by atoms with Gasteiger partial charge in [-0.2, -0.15) is 0 Å². The van der Waals surface area contributed by atoms with E-state index in [1.54, 1.807) is 7.11 Å². The van der Waals surface area contributed by atoms with E-state index in [9.17, 15) is 4.79 Å². The summed E-state index contributed by atoms with van der Waals surface area (Å²) in [6.45, 7) is 2.27. The molecule has 1 fully saturated rings. The molecule has 114 valence electrons. The van der Waals surface area contributed by atoms with Gasteiger partial charge in [0.05, 0.1) is 0 Å². The van der Waals surface area contributed by atoms with Gasteiger partial charge in [-0.25, -0.2) is 0 Å². The largest absolute Gasteiger partial charge is 0.385 e. The van der Waals surface area contributed by atoms with Crippen molar-refractivity contribution in [3.8, 4) is 0 Å². The van der Waals surface area contributed by atoms with Crippen molar-refractivity contribution in [3.63, 3.8) is 0 Å². The van der Waals surface area contributed by atoms with E-state index in [1.165, 1.54) is 0 Å². The first-order valence-electron chi connectivity index (χ1n) is 7.15. The smallest absolute Gasteiger partial charge is 0.227 e. The van der Waals surface area contributed by atoms with Gasteiger partial charge >= 0.3 is 0 Å². The second kappa shape index (κ2) is 7.95. The minimum Gasteiger partial charge on any atom is -0.385 e. The van der Waals surface area contributed by atoms with Crippen LogP contribution in [0.3, 0.4) is 0 Å². The number of rotatable bonds is 6. The van der Waals surface area contributed by atoms with Gasteiger partial charge in [-0.15, -0.1) is 0 Å².